The van der Waals surface area contributed by atoms with Crippen LogP contribution < -0.4 is 18.9 Å². The zero-order valence-electron chi connectivity index (χ0n) is 15.4. The van der Waals surface area contributed by atoms with Crippen molar-refractivity contribution in [3.8, 4) is 0 Å². The summed E-state index contributed by atoms with van der Waals surface area (Å²) in [5.41, 5.74) is 1.61. The Morgan fingerprint density at radius 3 is 2.29 bits per heavy atom. The summed E-state index contributed by atoms with van der Waals surface area (Å²) in [4.78, 5) is 23.8. The number of hydrogen-bond acceptors (Lipinski definition) is 4. The molecular weight excluding hydrogens is 301 g/mol. The average molecular weight is 327 g/mol. The maximum absolute atomic E-state index is 12.0. The van der Waals surface area contributed by atoms with Crippen molar-refractivity contribution in [2.75, 3.05) is 20.8 Å². The molecule has 0 saturated carbocycles. The SMILES string of the molecule is CCCC[N-]C(CCC)c1cc(C(=O)OC)ccc1C(=O)OC.[Li+]. The molecule has 0 heterocycles. The van der Waals surface area contributed by atoms with Crippen LogP contribution in [0.4, 0.5) is 0 Å². The number of ether oxygens (including phenoxy) is 2. The van der Waals surface area contributed by atoms with E-state index in [9.17, 15) is 9.59 Å². The van der Waals surface area contributed by atoms with Crippen LogP contribution in [0.25, 0.3) is 5.32 Å². The van der Waals surface area contributed by atoms with Crippen LogP contribution in [0, 0.1) is 0 Å². The zero-order valence-corrected chi connectivity index (χ0v) is 15.4. The van der Waals surface area contributed by atoms with Gasteiger partial charge in [-0.2, -0.15) is 0 Å². The molecule has 0 bridgehead atoms. The smallest absolute Gasteiger partial charge is 0.656 e. The molecule has 1 aromatic rings. The van der Waals surface area contributed by atoms with Crippen molar-refractivity contribution in [3.63, 3.8) is 0 Å². The summed E-state index contributed by atoms with van der Waals surface area (Å²) in [6.45, 7) is 4.93. The molecular formula is C18H26LiNO4. The van der Waals surface area contributed by atoms with E-state index in [4.69, 9.17) is 14.8 Å². The van der Waals surface area contributed by atoms with Crippen LogP contribution in [0.5, 0.6) is 0 Å². The predicted molar refractivity (Wildman–Crippen MR) is 89.9 cm³/mol. The van der Waals surface area contributed by atoms with Gasteiger partial charge in [0.2, 0.25) is 0 Å². The van der Waals surface area contributed by atoms with Gasteiger partial charge in [-0.25, -0.2) is 9.59 Å². The van der Waals surface area contributed by atoms with Crippen LogP contribution in [0.2, 0.25) is 0 Å². The second-order valence-corrected chi connectivity index (χ2v) is 5.35. The fraction of sp³-hybridized carbons (Fsp3) is 0.556. The summed E-state index contributed by atoms with van der Waals surface area (Å²) in [6, 6.07) is 4.78. The summed E-state index contributed by atoms with van der Waals surface area (Å²) in [6.07, 6.45) is 3.82. The van der Waals surface area contributed by atoms with Gasteiger partial charge in [0.1, 0.15) is 0 Å². The molecule has 6 heteroatoms. The topological polar surface area (TPSA) is 66.7 Å². The molecule has 0 aliphatic carbocycles. The summed E-state index contributed by atoms with van der Waals surface area (Å²) in [7, 11) is 2.69. The number of rotatable bonds is 9. The van der Waals surface area contributed by atoms with E-state index in [1.165, 1.54) is 14.2 Å². The molecule has 0 aliphatic heterocycles. The van der Waals surface area contributed by atoms with Crippen LogP contribution in [0.15, 0.2) is 18.2 Å². The van der Waals surface area contributed by atoms with Crippen LogP contribution >= 0.6 is 0 Å². The van der Waals surface area contributed by atoms with E-state index in [2.05, 4.69) is 13.8 Å². The van der Waals surface area contributed by atoms with Gasteiger partial charge in [0, 0.05) is 0 Å². The van der Waals surface area contributed by atoms with E-state index in [1.54, 1.807) is 18.2 Å². The number of methoxy groups -OCH3 is 2. The van der Waals surface area contributed by atoms with Crippen molar-refractivity contribution in [2.45, 2.75) is 45.6 Å². The van der Waals surface area contributed by atoms with Crippen molar-refractivity contribution in [1.82, 2.24) is 0 Å². The Balaban J connectivity index is 0.00000529. The maximum atomic E-state index is 12.0. The van der Waals surface area contributed by atoms with E-state index in [0.29, 0.717) is 11.1 Å². The number of esters is 2. The fourth-order valence-corrected chi connectivity index (χ4v) is 2.40. The van der Waals surface area contributed by atoms with E-state index >= 15 is 0 Å². The predicted octanol–water partition coefficient (Wildman–Crippen LogP) is 1.28. The third-order valence-corrected chi connectivity index (χ3v) is 3.66. The maximum Gasteiger partial charge on any atom is 1.00 e. The van der Waals surface area contributed by atoms with Crippen molar-refractivity contribution >= 4 is 11.9 Å². The minimum Gasteiger partial charge on any atom is -0.656 e. The summed E-state index contributed by atoms with van der Waals surface area (Å²) in [5, 5.41) is 4.72. The molecule has 1 atom stereocenters. The number of carbonyl (C=O) groups excluding carboxylic acids is 2. The minimum absolute atomic E-state index is 0. The molecule has 0 radical (unpaired) electrons. The molecule has 0 spiro atoms. The molecule has 5 nitrogen and oxygen atoms in total. The molecule has 1 aromatic carbocycles. The Bertz CT molecular complexity index is 534. The van der Waals surface area contributed by atoms with Crippen LogP contribution in [-0.4, -0.2) is 32.7 Å². The monoisotopic (exact) mass is 327 g/mol. The molecule has 0 saturated heterocycles. The number of hydrogen-bond donors (Lipinski definition) is 0. The largest absolute Gasteiger partial charge is 1.00 e. The Hall–Kier alpha value is -1.28. The van der Waals surface area contributed by atoms with Crippen molar-refractivity contribution in [3.05, 3.63) is 40.2 Å². The Labute approximate surface area is 156 Å². The van der Waals surface area contributed by atoms with Gasteiger partial charge in [0.15, 0.2) is 0 Å². The van der Waals surface area contributed by atoms with Gasteiger partial charge >= 0.3 is 30.8 Å². The van der Waals surface area contributed by atoms with Gasteiger partial charge < -0.3 is 14.8 Å². The first kappa shape index (κ1) is 22.7. The fourth-order valence-electron chi connectivity index (χ4n) is 2.40. The van der Waals surface area contributed by atoms with Gasteiger partial charge in [-0.05, 0) is 18.2 Å². The van der Waals surface area contributed by atoms with Crippen LogP contribution in [-0.2, 0) is 9.47 Å². The van der Waals surface area contributed by atoms with Crippen molar-refractivity contribution < 1.29 is 37.9 Å². The average Bonchev–Trinajstić information content (AvgIpc) is 2.59. The number of unbranched alkanes of at least 4 members (excludes halogenated alkanes) is 1. The van der Waals surface area contributed by atoms with Crippen LogP contribution in [0.1, 0.15) is 71.9 Å². The van der Waals surface area contributed by atoms with Crippen molar-refractivity contribution in [1.29, 1.82) is 0 Å². The summed E-state index contributed by atoms with van der Waals surface area (Å²) >= 11 is 0. The van der Waals surface area contributed by atoms with E-state index in [1.807, 2.05) is 0 Å². The molecule has 128 valence electrons. The molecule has 1 rings (SSSR count). The van der Waals surface area contributed by atoms with Gasteiger partial charge in [0.25, 0.3) is 0 Å². The molecule has 1 unspecified atom stereocenters. The molecule has 0 aliphatic rings. The molecule has 24 heavy (non-hydrogen) atoms. The van der Waals surface area contributed by atoms with Gasteiger partial charge in [0.05, 0.1) is 25.3 Å². The quantitative estimate of drug-likeness (QED) is 0.389. The third kappa shape index (κ3) is 6.31. The number of benzene rings is 1. The van der Waals surface area contributed by atoms with Gasteiger partial charge in [-0.1, -0.05) is 45.1 Å². The minimum atomic E-state index is -0.425. The van der Waals surface area contributed by atoms with Crippen LogP contribution in [0.3, 0.4) is 0 Å². The number of carbonyl (C=O) groups is 2. The second kappa shape index (κ2) is 12.1. The molecule has 0 aromatic heterocycles. The van der Waals surface area contributed by atoms with E-state index < -0.39 is 11.9 Å². The normalized spacial score (nSPS) is 11.3. The summed E-state index contributed by atoms with van der Waals surface area (Å²) < 4.78 is 9.63. The van der Waals surface area contributed by atoms with Gasteiger partial charge in [-0.15, -0.1) is 12.6 Å². The molecule has 0 amide bonds. The van der Waals surface area contributed by atoms with Gasteiger partial charge in [-0.3, -0.25) is 0 Å². The Morgan fingerprint density at radius 1 is 1.08 bits per heavy atom. The van der Waals surface area contributed by atoms with E-state index in [-0.39, 0.29) is 24.9 Å². The first-order valence-corrected chi connectivity index (χ1v) is 8.06. The molecule has 0 N–H and O–H groups in total. The Morgan fingerprint density at radius 2 is 1.75 bits per heavy atom. The van der Waals surface area contributed by atoms with Crippen molar-refractivity contribution in [2.24, 2.45) is 0 Å². The molecule has 0 fully saturated rings. The third-order valence-electron chi connectivity index (χ3n) is 3.66. The first-order valence-electron chi connectivity index (χ1n) is 8.06. The first-order chi connectivity index (χ1) is 11.1. The Kier molecular flexibility index (Phi) is 11.5. The summed E-state index contributed by atoms with van der Waals surface area (Å²) in [5.74, 6) is -0.838. The number of nitrogens with zero attached hydrogens (tertiary/aromatic N) is 1. The zero-order chi connectivity index (χ0) is 17.2. The van der Waals surface area contributed by atoms with E-state index in [0.717, 1.165) is 37.8 Å². The standard InChI is InChI=1S/C18H26NO4.Li/c1-5-7-11-19-16(8-6-2)15-12-13(17(20)22-3)9-10-14(15)18(21)23-4;/h9-10,12,16H,5-8,11H2,1-4H3;/q-1;+1. The second-order valence-electron chi connectivity index (χ2n) is 5.35.